The van der Waals surface area contributed by atoms with Crippen molar-refractivity contribution in [3.05, 3.63) is 54.1 Å². The van der Waals surface area contributed by atoms with Crippen LogP contribution in [0.15, 0.2) is 53.4 Å². The lowest BCUT2D eigenvalue weighted by molar-refractivity contribution is 0.414. The molecule has 1 heterocycles. The second-order valence-electron chi connectivity index (χ2n) is 6.26. The molecule has 1 saturated heterocycles. The third kappa shape index (κ3) is 3.80. The van der Waals surface area contributed by atoms with Crippen LogP contribution in [0, 0.1) is 0 Å². The molecule has 3 rings (SSSR count). The normalized spacial score (nSPS) is 14.9. The first kappa shape index (κ1) is 17.8. The van der Waals surface area contributed by atoms with Crippen molar-refractivity contribution in [1.82, 2.24) is 4.31 Å². The zero-order chi connectivity index (χ0) is 17.9. The smallest absolute Gasteiger partial charge is 0.243 e. The summed E-state index contributed by atoms with van der Waals surface area (Å²) in [4.78, 5) is 2.61. The van der Waals surface area contributed by atoms with Gasteiger partial charge in [-0.15, -0.1) is 0 Å². The molecule has 2 aromatic carbocycles. The molecule has 0 aromatic heterocycles. The van der Waals surface area contributed by atoms with Gasteiger partial charge in [0.05, 0.1) is 12.0 Å². The standard InChI is InChI=1S/C19H24N2O3S/c1-20(25(22,23)18-11-9-17(24-2)10-12-18)15-16-7-3-4-8-19(16)21-13-5-6-14-21/h3-4,7-12H,5-6,13-15H2,1-2H3. The lowest BCUT2D eigenvalue weighted by atomic mass is 10.1. The molecular formula is C19H24N2O3S. The van der Waals surface area contributed by atoms with E-state index < -0.39 is 10.0 Å². The molecule has 1 aliphatic rings. The fourth-order valence-corrected chi connectivity index (χ4v) is 4.31. The molecule has 25 heavy (non-hydrogen) atoms. The number of methoxy groups -OCH3 is 1. The number of sulfonamides is 1. The zero-order valence-electron chi connectivity index (χ0n) is 14.7. The van der Waals surface area contributed by atoms with Gasteiger partial charge in [-0.1, -0.05) is 18.2 Å². The largest absolute Gasteiger partial charge is 0.497 e. The molecule has 2 aromatic rings. The predicted octanol–water partition coefficient (Wildman–Crippen LogP) is 3.12. The Morgan fingerprint density at radius 2 is 1.68 bits per heavy atom. The molecule has 0 radical (unpaired) electrons. The SMILES string of the molecule is COc1ccc(S(=O)(=O)N(C)Cc2ccccc2N2CCCC2)cc1. The van der Waals surface area contributed by atoms with Crippen molar-refractivity contribution in [1.29, 1.82) is 0 Å². The number of hydrogen-bond acceptors (Lipinski definition) is 4. The number of hydrogen-bond donors (Lipinski definition) is 0. The molecule has 6 heteroatoms. The topological polar surface area (TPSA) is 49.9 Å². The molecular weight excluding hydrogens is 336 g/mol. The van der Waals surface area contributed by atoms with Crippen LogP contribution in [-0.4, -0.2) is 40.0 Å². The monoisotopic (exact) mass is 360 g/mol. The van der Waals surface area contributed by atoms with Crippen LogP contribution in [0.4, 0.5) is 5.69 Å². The summed E-state index contributed by atoms with van der Waals surface area (Å²) in [5.74, 6) is 0.640. The van der Waals surface area contributed by atoms with Crippen molar-refractivity contribution >= 4 is 15.7 Å². The van der Waals surface area contributed by atoms with Crippen LogP contribution >= 0.6 is 0 Å². The van der Waals surface area contributed by atoms with E-state index in [0.717, 1.165) is 24.3 Å². The average molecular weight is 360 g/mol. The minimum absolute atomic E-state index is 0.273. The van der Waals surface area contributed by atoms with E-state index in [1.54, 1.807) is 38.4 Å². The van der Waals surface area contributed by atoms with Gasteiger partial charge in [-0.3, -0.25) is 0 Å². The van der Waals surface area contributed by atoms with Crippen LogP contribution in [0.1, 0.15) is 18.4 Å². The van der Waals surface area contributed by atoms with E-state index in [4.69, 9.17) is 4.74 Å². The first-order valence-corrected chi connectivity index (χ1v) is 9.89. The van der Waals surface area contributed by atoms with E-state index in [9.17, 15) is 8.42 Å². The summed E-state index contributed by atoms with van der Waals surface area (Å²) < 4.78 is 32.2. The Bertz CT molecular complexity index is 813. The first-order chi connectivity index (χ1) is 12.0. The number of nitrogens with zero attached hydrogens (tertiary/aromatic N) is 2. The van der Waals surface area contributed by atoms with Crippen molar-refractivity contribution in [3.8, 4) is 5.75 Å². The number of rotatable bonds is 6. The van der Waals surface area contributed by atoms with Crippen LogP contribution < -0.4 is 9.64 Å². The number of para-hydroxylation sites is 1. The van der Waals surface area contributed by atoms with E-state index in [0.29, 0.717) is 12.3 Å². The first-order valence-electron chi connectivity index (χ1n) is 8.45. The van der Waals surface area contributed by atoms with Crippen molar-refractivity contribution in [2.75, 3.05) is 32.1 Å². The molecule has 5 nitrogen and oxygen atoms in total. The third-order valence-electron chi connectivity index (χ3n) is 4.60. The molecule has 1 fully saturated rings. The van der Waals surface area contributed by atoms with Crippen LogP contribution in [0.5, 0.6) is 5.75 Å². The van der Waals surface area contributed by atoms with Crippen molar-refractivity contribution in [3.63, 3.8) is 0 Å². The maximum atomic E-state index is 12.8. The molecule has 0 unspecified atom stereocenters. The summed E-state index contributed by atoms with van der Waals surface area (Å²) in [7, 11) is -0.357. The summed E-state index contributed by atoms with van der Waals surface area (Å²) in [5.41, 5.74) is 2.17. The van der Waals surface area contributed by atoms with E-state index >= 15 is 0 Å². The fraction of sp³-hybridized carbons (Fsp3) is 0.368. The third-order valence-corrected chi connectivity index (χ3v) is 6.42. The Morgan fingerprint density at radius 3 is 2.32 bits per heavy atom. The minimum Gasteiger partial charge on any atom is -0.497 e. The van der Waals surface area contributed by atoms with Gasteiger partial charge < -0.3 is 9.64 Å². The number of benzene rings is 2. The molecule has 134 valence electrons. The molecule has 1 aliphatic heterocycles. The van der Waals surface area contributed by atoms with Gasteiger partial charge >= 0.3 is 0 Å². The van der Waals surface area contributed by atoms with Crippen LogP contribution in [0.2, 0.25) is 0 Å². The number of ether oxygens (including phenoxy) is 1. The van der Waals surface area contributed by atoms with E-state index in [1.807, 2.05) is 18.2 Å². The van der Waals surface area contributed by atoms with Crippen LogP contribution in [0.25, 0.3) is 0 Å². The zero-order valence-corrected chi connectivity index (χ0v) is 15.5. The van der Waals surface area contributed by atoms with Crippen molar-refractivity contribution < 1.29 is 13.2 Å². The van der Waals surface area contributed by atoms with Crippen molar-refractivity contribution in [2.45, 2.75) is 24.3 Å². The Hall–Kier alpha value is -2.05. The van der Waals surface area contributed by atoms with Gasteiger partial charge in [0.2, 0.25) is 10.0 Å². The predicted molar refractivity (Wildman–Crippen MR) is 99.5 cm³/mol. The summed E-state index contributed by atoms with van der Waals surface area (Å²) in [6.45, 7) is 2.42. The molecule has 0 spiro atoms. The quantitative estimate of drug-likeness (QED) is 0.794. The maximum absolute atomic E-state index is 12.8. The lowest BCUT2D eigenvalue weighted by Crippen LogP contribution is -2.28. The summed E-state index contributed by atoms with van der Waals surface area (Å²) in [5, 5.41) is 0. The highest BCUT2D eigenvalue weighted by atomic mass is 32.2. The molecule has 0 atom stereocenters. The minimum atomic E-state index is -3.54. The lowest BCUT2D eigenvalue weighted by Gasteiger charge is -2.24. The number of anilines is 1. The Morgan fingerprint density at radius 1 is 1.04 bits per heavy atom. The van der Waals surface area contributed by atoms with Gasteiger partial charge in [0, 0.05) is 32.4 Å². The average Bonchev–Trinajstić information content (AvgIpc) is 3.16. The molecule has 0 bridgehead atoms. The highest BCUT2D eigenvalue weighted by molar-refractivity contribution is 7.89. The summed E-state index contributed by atoms with van der Waals surface area (Å²) in [6.07, 6.45) is 2.38. The van der Waals surface area contributed by atoms with E-state index in [-0.39, 0.29) is 4.90 Å². The van der Waals surface area contributed by atoms with Gasteiger partial charge in [-0.2, -0.15) is 4.31 Å². The summed E-state index contributed by atoms with van der Waals surface area (Å²) >= 11 is 0. The van der Waals surface area contributed by atoms with Gasteiger partial charge in [0.25, 0.3) is 0 Å². The van der Waals surface area contributed by atoms with Gasteiger partial charge in [0.15, 0.2) is 0 Å². The maximum Gasteiger partial charge on any atom is 0.243 e. The van der Waals surface area contributed by atoms with E-state index in [2.05, 4.69) is 11.0 Å². The summed E-state index contributed by atoms with van der Waals surface area (Å²) in [6, 6.07) is 14.5. The van der Waals surface area contributed by atoms with E-state index in [1.165, 1.54) is 17.1 Å². The van der Waals surface area contributed by atoms with Gasteiger partial charge in [-0.25, -0.2) is 8.42 Å². The Kier molecular flexibility index (Phi) is 5.30. The van der Waals surface area contributed by atoms with Crippen molar-refractivity contribution in [2.24, 2.45) is 0 Å². The molecule has 0 aliphatic carbocycles. The Labute approximate surface area is 149 Å². The fourth-order valence-electron chi connectivity index (χ4n) is 3.16. The second-order valence-corrected chi connectivity index (χ2v) is 8.30. The molecule has 0 amide bonds. The highest BCUT2D eigenvalue weighted by Crippen LogP contribution is 2.27. The van der Waals surface area contributed by atoms with Gasteiger partial charge in [-0.05, 0) is 48.7 Å². The second kappa shape index (κ2) is 7.45. The van der Waals surface area contributed by atoms with Gasteiger partial charge in [0.1, 0.15) is 5.75 Å². The highest BCUT2D eigenvalue weighted by Gasteiger charge is 2.23. The molecule has 0 N–H and O–H groups in total. The van der Waals surface area contributed by atoms with Crippen LogP contribution in [0.3, 0.4) is 0 Å². The Balaban J connectivity index is 1.82. The van der Waals surface area contributed by atoms with Crippen LogP contribution in [-0.2, 0) is 16.6 Å². The molecule has 0 saturated carbocycles.